The van der Waals surface area contributed by atoms with Crippen molar-refractivity contribution in [2.45, 2.75) is 83.7 Å². The predicted molar refractivity (Wildman–Crippen MR) is 117 cm³/mol. The van der Waals surface area contributed by atoms with Gasteiger partial charge in [-0.15, -0.1) is 0 Å². The van der Waals surface area contributed by atoms with Crippen LogP contribution in [-0.4, -0.2) is 40.6 Å². The van der Waals surface area contributed by atoms with Crippen molar-refractivity contribution in [1.29, 1.82) is 0 Å². The van der Waals surface area contributed by atoms with E-state index in [2.05, 4.69) is 22.1 Å². The van der Waals surface area contributed by atoms with Gasteiger partial charge in [0.1, 0.15) is 0 Å². The van der Waals surface area contributed by atoms with E-state index in [4.69, 9.17) is 4.74 Å². The van der Waals surface area contributed by atoms with Crippen LogP contribution in [0.2, 0.25) is 0 Å². The molecule has 1 N–H and O–H groups in total. The lowest BCUT2D eigenvalue weighted by Gasteiger charge is -2.42. The maximum atomic E-state index is 13.2. The Morgan fingerprint density at radius 3 is 2.55 bits per heavy atom. The first-order chi connectivity index (χ1) is 14.1. The first kappa shape index (κ1) is 21.8. The van der Waals surface area contributed by atoms with Crippen LogP contribution >= 0.6 is 11.3 Å². The number of hydrogen-bond donors (Lipinski definition) is 1. The Labute approximate surface area is 177 Å². The highest BCUT2D eigenvalue weighted by atomic mass is 32.1. The molecule has 1 aromatic rings. The summed E-state index contributed by atoms with van der Waals surface area (Å²) in [6.07, 6.45) is 15.2. The van der Waals surface area contributed by atoms with E-state index in [0.29, 0.717) is 23.8 Å². The minimum Gasteiger partial charge on any atom is -0.463 e. The normalized spacial score (nSPS) is 23.1. The van der Waals surface area contributed by atoms with Crippen molar-refractivity contribution in [2.75, 3.05) is 11.9 Å². The highest BCUT2D eigenvalue weighted by Gasteiger charge is 2.33. The molecular formula is C22H33N3O3S. The van der Waals surface area contributed by atoms with E-state index in [1.165, 1.54) is 49.5 Å². The van der Waals surface area contributed by atoms with Gasteiger partial charge in [0.2, 0.25) is 0 Å². The van der Waals surface area contributed by atoms with Gasteiger partial charge in [-0.2, -0.15) is 0 Å². The summed E-state index contributed by atoms with van der Waals surface area (Å²) in [5, 5.41) is 3.60. The molecule has 7 heteroatoms. The number of anilines is 1. The van der Waals surface area contributed by atoms with Gasteiger partial charge in [-0.25, -0.2) is 14.6 Å². The highest BCUT2D eigenvalue weighted by molar-refractivity contribution is 7.16. The molecule has 160 valence electrons. The zero-order chi connectivity index (χ0) is 20.6. The Balaban J connectivity index is 1.65. The quantitative estimate of drug-likeness (QED) is 0.490. The fourth-order valence-corrected chi connectivity index (χ4v) is 5.14. The Bertz CT molecular complexity index is 704. The average molecular weight is 420 g/mol. The molecule has 1 heterocycles. The van der Waals surface area contributed by atoms with Crippen molar-refractivity contribution >= 4 is 34.5 Å². The van der Waals surface area contributed by atoms with Crippen LogP contribution in [0.1, 0.15) is 76.5 Å². The smallest absolute Gasteiger partial charge is 0.330 e. The second kappa shape index (κ2) is 10.8. The fourth-order valence-electron chi connectivity index (χ4n) is 4.43. The maximum Gasteiger partial charge on any atom is 0.330 e. The van der Waals surface area contributed by atoms with Crippen molar-refractivity contribution in [3.05, 3.63) is 17.2 Å². The molecule has 0 aliphatic heterocycles. The maximum absolute atomic E-state index is 13.2. The highest BCUT2D eigenvalue weighted by Crippen LogP contribution is 2.33. The summed E-state index contributed by atoms with van der Waals surface area (Å²) in [5.41, 5.74) is 0. The van der Waals surface area contributed by atoms with Crippen LogP contribution in [0, 0.1) is 5.92 Å². The van der Waals surface area contributed by atoms with Crippen LogP contribution in [0.3, 0.4) is 0 Å². The second-order valence-corrected chi connectivity index (χ2v) is 9.26. The summed E-state index contributed by atoms with van der Waals surface area (Å²) in [7, 11) is 0. The molecule has 3 rings (SSSR count). The van der Waals surface area contributed by atoms with Gasteiger partial charge in [0.15, 0.2) is 5.13 Å². The lowest BCUT2D eigenvalue weighted by Crippen LogP contribution is -2.51. The molecule has 0 spiro atoms. The molecule has 0 unspecified atom stereocenters. The van der Waals surface area contributed by atoms with Gasteiger partial charge in [-0.3, -0.25) is 5.32 Å². The predicted octanol–water partition coefficient (Wildman–Crippen LogP) is 5.46. The Hall–Kier alpha value is -1.89. The molecule has 2 aliphatic rings. The summed E-state index contributed by atoms with van der Waals surface area (Å²) >= 11 is 1.37. The number of rotatable bonds is 6. The number of urea groups is 1. The van der Waals surface area contributed by atoms with Crippen LogP contribution in [0.15, 0.2) is 12.3 Å². The molecule has 2 aliphatic carbocycles. The van der Waals surface area contributed by atoms with E-state index >= 15 is 0 Å². The number of ether oxygens (including phenoxy) is 1. The molecule has 2 saturated carbocycles. The van der Waals surface area contributed by atoms with Crippen LogP contribution in [0.25, 0.3) is 6.08 Å². The number of carbonyl (C=O) groups excluding carboxylic acids is 2. The van der Waals surface area contributed by atoms with Crippen LogP contribution in [0.4, 0.5) is 9.93 Å². The third kappa shape index (κ3) is 6.29. The zero-order valence-electron chi connectivity index (χ0n) is 17.6. The fraction of sp³-hybridized carbons (Fsp3) is 0.682. The molecule has 29 heavy (non-hydrogen) atoms. The molecule has 2 amide bonds. The Morgan fingerprint density at radius 1 is 1.17 bits per heavy atom. The summed E-state index contributed by atoms with van der Waals surface area (Å²) in [5.74, 6) is 0.386. The van der Waals surface area contributed by atoms with Gasteiger partial charge in [0.25, 0.3) is 0 Å². The van der Waals surface area contributed by atoms with Gasteiger partial charge in [0, 0.05) is 29.2 Å². The molecular weight excluding hydrogens is 386 g/mol. The third-order valence-corrected chi connectivity index (χ3v) is 6.87. The third-order valence-electron chi connectivity index (χ3n) is 5.99. The van der Waals surface area contributed by atoms with E-state index in [0.717, 1.165) is 36.5 Å². The SMILES string of the molecule is CCOC(=O)C=Cc1cnc(NC(=O)N(C2CCCCC2)[C@H]2CC[C@H](C)CC2)s1. The minimum atomic E-state index is -0.374. The van der Waals surface area contributed by atoms with E-state index in [-0.39, 0.29) is 12.0 Å². The number of aromatic nitrogens is 1. The topological polar surface area (TPSA) is 71.5 Å². The van der Waals surface area contributed by atoms with E-state index in [1.54, 1.807) is 19.2 Å². The van der Waals surface area contributed by atoms with Gasteiger partial charge >= 0.3 is 12.0 Å². The molecule has 6 nitrogen and oxygen atoms in total. The summed E-state index contributed by atoms with van der Waals surface area (Å²) in [6, 6.07) is 0.648. The number of hydrogen-bond acceptors (Lipinski definition) is 5. The lowest BCUT2D eigenvalue weighted by atomic mass is 9.84. The van der Waals surface area contributed by atoms with Crippen LogP contribution in [0.5, 0.6) is 0 Å². The van der Waals surface area contributed by atoms with Crippen molar-refractivity contribution in [3.63, 3.8) is 0 Å². The number of nitrogens with one attached hydrogen (secondary N) is 1. The zero-order valence-corrected chi connectivity index (χ0v) is 18.4. The average Bonchev–Trinajstić information content (AvgIpc) is 3.16. The molecule has 0 aromatic carbocycles. The number of nitrogens with zero attached hydrogens (tertiary/aromatic N) is 2. The van der Waals surface area contributed by atoms with Crippen molar-refractivity contribution < 1.29 is 14.3 Å². The van der Waals surface area contributed by atoms with E-state index < -0.39 is 0 Å². The molecule has 2 fully saturated rings. The second-order valence-electron chi connectivity index (χ2n) is 8.20. The van der Waals surface area contributed by atoms with E-state index in [9.17, 15) is 9.59 Å². The van der Waals surface area contributed by atoms with Gasteiger partial charge < -0.3 is 9.64 Å². The molecule has 1 aromatic heterocycles. The lowest BCUT2D eigenvalue weighted by molar-refractivity contribution is -0.137. The summed E-state index contributed by atoms with van der Waals surface area (Å²) in [4.78, 5) is 32.0. The largest absolute Gasteiger partial charge is 0.463 e. The Morgan fingerprint density at radius 2 is 1.86 bits per heavy atom. The van der Waals surface area contributed by atoms with Gasteiger partial charge in [-0.1, -0.05) is 37.5 Å². The van der Waals surface area contributed by atoms with Crippen molar-refractivity contribution in [1.82, 2.24) is 9.88 Å². The van der Waals surface area contributed by atoms with Crippen LogP contribution in [-0.2, 0) is 9.53 Å². The molecule has 0 saturated heterocycles. The first-order valence-corrected chi connectivity index (χ1v) is 11.8. The first-order valence-electron chi connectivity index (χ1n) is 11.0. The number of thiazole rings is 1. The Kier molecular flexibility index (Phi) is 8.09. The van der Waals surface area contributed by atoms with E-state index in [1.807, 2.05) is 0 Å². The molecule has 0 atom stereocenters. The van der Waals surface area contributed by atoms with Crippen molar-refractivity contribution in [3.8, 4) is 0 Å². The standard InChI is InChI=1S/C22H33N3O3S/c1-3-28-20(26)14-13-19-15-23-21(29-19)24-22(27)25(17-7-5-4-6-8-17)18-11-9-16(2)10-12-18/h13-18H,3-12H2,1-2H3,(H,23,24,27)/t16-,18-. The monoisotopic (exact) mass is 419 g/mol. The van der Waals surface area contributed by atoms with Crippen LogP contribution < -0.4 is 5.32 Å². The van der Waals surface area contributed by atoms with Crippen molar-refractivity contribution in [2.24, 2.45) is 5.92 Å². The molecule has 0 bridgehead atoms. The summed E-state index contributed by atoms with van der Waals surface area (Å²) in [6.45, 7) is 4.43. The number of esters is 1. The number of carbonyl (C=O) groups is 2. The van der Waals surface area contributed by atoms with Gasteiger partial charge in [-0.05, 0) is 57.4 Å². The minimum absolute atomic E-state index is 0.0216. The molecule has 0 radical (unpaired) electrons. The number of amides is 2. The summed E-state index contributed by atoms with van der Waals surface area (Å²) < 4.78 is 4.89. The van der Waals surface area contributed by atoms with Gasteiger partial charge in [0.05, 0.1) is 6.61 Å².